The second kappa shape index (κ2) is 10.8. The van der Waals surface area contributed by atoms with E-state index in [9.17, 15) is 37.5 Å². The number of aromatic amines is 1. The third-order valence-electron chi connectivity index (χ3n) is 9.18. The fraction of sp³-hybridized carbons (Fsp3) is 0.345. The van der Waals surface area contributed by atoms with Crippen LogP contribution in [0.4, 0.5) is 5.69 Å². The first-order valence-corrected chi connectivity index (χ1v) is 17.3. The van der Waals surface area contributed by atoms with Crippen molar-refractivity contribution in [3.63, 3.8) is 0 Å². The van der Waals surface area contributed by atoms with Crippen molar-refractivity contribution in [2.75, 3.05) is 18.5 Å². The number of primary sulfonamides is 1. The van der Waals surface area contributed by atoms with E-state index in [1.165, 1.54) is 24.3 Å². The van der Waals surface area contributed by atoms with Crippen LogP contribution in [-0.4, -0.2) is 65.5 Å². The maximum absolute atomic E-state index is 13.3. The SMILES string of the molecule is NS(=O)(=O)c1ccc(NC(=O)COc2ccc([C@H]3c4sc(=O)[nH]c4SC4C5CC(C6C(=O)N(CC(=O)O)C(=O)C56)C43)cc2)cc1. The van der Waals surface area contributed by atoms with E-state index in [0.717, 1.165) is 31.7 Å². The number of ether oxygens (including phenoxy) is 1. The average Bonchev–Trinajstić information content (AvgIpc) is 3.72. The number of fused-ring (bicyclic) bond motifs is 9. The van der Waals surface area contributed by atoms with Crippen LogP contribution in [0, 0.1) is 29.6 Å². The molecule has 4 aliphatic rings. The number of nitrogens with one attached hydrogen (secondary N) is 2. The molecule has 13 nitrogen and oxygen atoms in total. The number of carbonyl (C=O) groups excluding carboxylic acids is 3. The quantitative estimate of drug-likeness (QED) is 0.255. The average molecular weight is 671 g/mol. The molecule has 7 atom stereocenters. The third kappa shape index (κ3) is 5.05. The molecule has 1 aromatic heterocycles. The molecule has 7 rings (SSSR count). The summed E-state index contributed by atoms with van der Waals surface area (Å²) < 4.78 is 28.5. The van der Waals surface area contributed by atoms with E-state index in [1.807, 2.05) is 12.1 Å². The number of imide groups is 1. The normalized spacial score (nSPS) is 28.0. The first kappa shape index (κ1) is 29.7. The molecular formula is C29H26N4O9S3. The Balaban J connectivity index is 1.09. The first-order chi connectivity index (χ1) is 21.4. The number of likely N-dealkylation sites (tertiary alicyclic amines) is 1. The molecule has 2 aliphatic carbocycles. The Morgan fingerprint density at radius 2 is 1.69 bits per heavy atom. The molecule has 2 aliphatic heterocycles. The highest BCUT2D eigenvalue weighted by atomic mass is 32.2. The van der Waals surface area contributed by atoms with Crippen LogP contribution >= 0.6 is 23.1 Å². The van der Waals surface area contributed by atoms with Gasteiger partial charge in [0.2, 0.25) is 21.8 Å². The first-order valence-electron chi connectivity index (χ1n) is 14.0. The number of benzene rings is 2. The Kier molecular flexibility index (Phi) is 7.14. The van der Waals surface area contributed by atoms with Gasteiger partial charge in [0.15, 0.2) is 6.61 Å². The van der Waals surface area contributed by atoms with Crippen LogP contribution in [0.3, 0.4) is 0 Å². The number of nitrogens with zero attached hydrogens (tertiary/aromatic N) is 1. The number of anilines is 1. The molecule has 1 saturated heterocycles. The minimum Gasteiger partial charge on any atom is -0.484 e. The smallest absolute Gasteiger partial charge is 0.323 e. The highest BCUT2D eigenvalue weighted by molar-refractivity contribution is 8.00. The second-order valence-electron chi connectivity index (χ2n) is 11.6. The van der Waals surface area contributed by atoms with Crippen molar-refractivity contribution < 1.29 is 37.4 Å². The molecule has 3 aromatic rings. The molecule has 0 radical (unpaired) electrons. The number of carbonyl (C=O) groups is 4. The fourth-order valence-corrected chi connectivity index (χ4v) is 11.0. The molecule has 2 saturated carbocycles. The number of sulfonamides is 1. The summed E-state index contributed by atoms with van der Waals surface area (Å²) in [5.74, 6) is -3.71. The number of carboxylic acid groups (broad SMARTS) is 1. The van der Waals surface area contributed by atoms with Gasteiger partial charge in [0.1, 0.15) is 12.3 Å². The van der Waals surface area contributed by atoms with Crippen molar-refractivity contribution in [2.24, 2.45) is 34.7 Å². The molecule has 0 spiro atoms. The Morgan fingerprint density at radius 3 is 2.33 bits per heavy atom. The van der Waals surface area contributed by atoms with Crippen molar-refractivity contribution in [3.8, 4) is 5.75 Å². The van der Waals surface area contributed by atoms with Crippen LogP contribution in [0.2, 0.25) is 0 Å². The molecule has 234 valence electrons. The Labute approximate surface area is 264 Å². The number of amides is 3. The molecule has 2 bridgehead atoms. The lowest BCUT2D eigenvalue weighted by atomic mass is 9.68. The van der Waals surface area contributed by atoms with Gasteiger partial charge in [-0.05, 0) is 66.1 Å². The third-order valence-corrected chi connectivity index (χ3v) is 12.7. The summed E-state index contributed by atoms with van der Waals surface area (Å²) in [7, 11) is -3.85. The standard InChI is InChI=1S/C29H26N4O9S3/c30-45(40,41)15-7-3-13(4-8-15)31-18(34)11-42-14-5-1-12(2-6-14)20-21-16-9-17(24(21)43-26-25(20)44-29(39)32-26)23-22(16)27(37)33(28(23)38)10-19(35)36/h1-8,16-17,20-24H,9-11H2,(H,31,34)(H,32,39)(H,35,36)(H2,30,40,41)/t16?,17?,20-,21?,22?,23?,24?/m1/s1. The van der Waals surface area contributed by atoms with Gasteiger partial charge in [-0.3, -0.25) is 28.9 Å². The summed E-state index contributed by atoms with van der Waals surface area (Å²) in [5, 5.41) is 17.7. The molecule has 16 heteroatoms. The molecule has 5 N–H and O–H groups in total. The number of thioether (sulfide) groups is 1. The summed E-state index contributed by atoms with van der Waals surface area (Å²) in [4.78, 5) is 67.3. The van der Waals surface area contributed by atoms with Gasteiger partial charge in [-0.15, -0.1) is 11.8 Å². The number of H-pyrrole nitrogens is 1. The molecule has 45 heavy (non-hydrogen) atoms. The number of rotatable bonds is 8. The summed E-state index contributed by atoms with van der Waals surface area (Å²) >= 11 is 2.68. The predicted octanol–water partition coefficient (Wildman–Crippen LogP) is 1.66. The highest BCUT2D eigenvalue weighted by Gasteiger charge is 2.69. The number of thiazole rings is 1. The van der Waals surface area contributed by atoms with E-state index in [-0.39, 0.29) is 45.3 Å². The van der Waals surface area contributed by atoms with Crippen LogP contribution < -0.4 is 20.1 Å². The van der Waals surface area contributed by atoms with Gasteiger partial charge in [-0.2, -0.15) is 0 Å². The van der Waals surface area contributed by atoms with Crippen LogP contribution in [0.5, 0.6) is 5.75 Å². The van der Waals surface area contributed by atoms with Crippen LogP contribution in [0.1, 0.15) is 22.8 Å². The van der Waals surface area contributed by atoms with Gasteiger partial charge in [0.05, 0.1) is 21.8 Å². The maximum atomic E-state index is 13.3. The van der Waals surface area contributed by atoms with Crippen molar-refractivity contribution in [1.82, 2.24) is 9.88 Å². The molecule has 6 unspecified atom stereocenters. The zero-order valence-corrected chi connectivity index (χ0v) is 25.7. The Morgan fingerprint density at radius 1 is 1.02 bits per heavy atom. The van der Waals surface area contributed by atoms with Gasteiger partial charge in [-0.1, -0.05) is 23.5 Å². The Bertz CT molecular complexity index is 1910. The number of nitrogens with two attached hydrogens (primary N) is 1. The minimum atomic E-state index is -3.85. The molecule has 3 fully saturated rings. The fourth-order valence-electron chi connectivity index (χ4n) is 7.59. The van der Waals surface area contributed by atoms with Crippen molar-refractivity contribution in [3.05, 3.63) is 68.6 Å². The van der Waals surface area contributed by atoms with Crippen LogP contribution in [0.15, 0.2) is 63.2 Å². The number of hydrogen-bond donors (Lipinski definition) is 4. The minimum absolute atomic E-state index is 0.0285. The zero-order valence-electron chi connectivity index (χ0n) is 23.2. The molecule has 2 aromatic carbocycles. The van der Waals surface area contributed by atoms with Crippen LogP contribution in [0.25, 0.3) is 0 Å². The number of aliphatic carboxylic acids is 1. The van der Waals surface area contributed by atoms with E-state index >= 15 is 0 Å². The molecule has 3 heterocycles. The largest absolute Gasteiger partial charge is 0.484 e. The number of hydrogen-bond acceptors (Lipinski definition) is 10. The Hall–Kier alpha value is -3.99. The zero-order chi connectivity index (χ0) is 31.8. The number of aromatic nitrogens is 1. The topological polar surface area (TPSA) is 206 Å². The lowest BCUT2D eigenvalue weighted by Gasteiger charge is -2.43. The lowest BCUT2D eigenvalue weighted by Crippen LogP contribution is -2.42. The lowest BCUT2D eigenvalue weighted by molar-refractivity contribution is -0.149. The van der Waals surface area contributed by atoms with E-state index in [1.54, 1.807) is 23.9 Å². The summed E-state index contributed by atoms with van der Waals surface area (Å²) in [6.45, 7) is -0.943. The summed E-state index contributed by atoms with van der Waals surface area (Å²) in [5.41, 5.74) is 1.27. The van der Waals surface area contributed by atoms with E-state index in [0.29, 0.717) is 17.9 Å². The van der Waals surface area contributed by atoms with E-state index < -0.39 is 52.1 Å². The van der Waals surface area contributed by atoms with Gasteiger partial charge >= 0.3 is 10.8 Å². The van der Waals surface area contributed by atoms with Crippen molar-refractivity contribution >= 4 is 62.5 Å². The van der Waals surface area contributed by atoms with Crippen molar-refractivity contribution in [2.45, 2.75) is 27.5 Å². The van der Waals surface area contributed by atoms with E-state index in [4.69, 9.17) is 9.88 Å². The molecule has 3 amide bonds. The van der Waals surface area contributed by atoms with Gasteiger partial charge in [0, 0.05) is 21.7 Å². The van der Waals surface area contributed by atoms with Gasteiger partial charge < -0.3 is 20.1 Å². The molecular weight excluding hydrogens is 645 g/mol. The predicted molar refractivity (Wildman–Crippen MR) is 161 cm³/mol. The van der Waals surface area contributed by atoms with Crippen LogP contribution in [-0.2, 0) is 29.2 Å². The summed E-state index contributed by atoms with van der Waals surface area (Å²) in [6.07, 6.45) is 0.687. The summed E-state index contributed by atoms with van der Waals surface area (Å²) in [6, 6.07) is 12.6. The maximum Gasteiger partial charge on any atom is 0.323 e. The second-order valence-corrected chi connectivity index (χ2v) is 15.4. The monoisotopic (exact) mass is 670 g/mol. The van der Waals surface area contributed by atoms with E-state index in [2.05, 4.69) is 10.3 Å². The highest BCUT2D eigenvalue weighted by Crippen LogP contribution is 2.68. The van der Waals surface area contributed by atoms with Gasteiger partial charge in [0.25, 0.3) is 5.91 Å². The van der Waals surface area contributed by atoms with Gasteiger partial charge in [-0.25, -0.2) is 13.6 Å². The van der Waals surface area contributed by atoms with Crippen molar-refractivity contribution in [1.29, 1.82) is 0 Å². The number of carboxylic acids is 1.